The number of hydrogen-bond acceptors (Lipinski definition) is 4. The summed E-state index contributed by atoms with van der Waals surface area (Å²) in [5, 5.41) is 2.74. The van der Waals surface area contributed by atoms with E-state index in [1.165, 1.54) is 7.11 Å². The third-order valence-corrected chi connectivity index (χ3v) is 2.41. The molecule has 1 rings (SSSR count). The van der Waals surface area contributed by atoms with Gasteiger partial charge in [0.05, 0.1) is 12.3 Å². The normalized spacial score (nSPS) is 10.3. The van der Waals surface area contributed by atoms with Gasteiger partial charge < -0.3 is 19.4 Å². The third kappa shape index (κ3) is 4.40. The Bertz CT molecular complexity index is 440. The summed E-state index contributed by atoms with van der Waals surface area (Å²) < 4.78 is 11.6. The van der Waals surface area contributed by atoms with E-state index in [0.717, 1.165) is 6.42 Å². The van der Waals surface area contributed by atoms with Gasteiger partial charge in [0.2, 0.25) is 5.91 Å². The number of rotatable bonds is 7. The predicted molar refractivity (Wildman–Crippen MR) is 70.9 cm³/mol. The van der Waals surface area contributed by atoms with Crippen molar-refractivity contribution in [1.29, 1.82) is 0 Å². The van der Waals surface area contributed by atoms with Gasteiger partial charge >= 0.3 is 5.97 Å². The van der Waals surface area contributed by atoms with Crippen LogP contribution >= 0.6 is 0 Å². The molecule has 0 aliphatic heterocycles. The van der Waals surface area contributed by atoms with Crippen LogP contribution in [0.5, 0.6) is 0 Å². The van der Waals surface area contributed by atoms with E-state index in [-0.39, 0.29) is 12.6 Å². The van der Waals surface area contributed by atoms with E-state index in [9.17, 15) is 9.59 Å². The van der Waals surface area contributed by atoms with Gasteiger partial charge in [0.25, 0.3) is 0 Å². The molecule has 1 N–H and O–H groups in total. The van der Waals surface area contributed by atoms with E-state index < -0.39 is 5.97 Å². The molecule has 0 saturated heterocycles. The molecular weight excluding hydrogens is 248 g/mol. The van der Waals surface area contributed by atoms with Crippen molar-refractivity contribution in [3.05, 3.63) is 18.0 Å². The highest BCUT2D eigenvalue weighted by Crippen LogP contribution is 2.16. The Labute approximate surface area is 112 Å². The smallest absolute Gasteiger partial charge is 0.355 e. The second-order valence-corrected chi connectivity index (χ2v) is 4.02. The maximum absolute atomic E-state index is 11.8. The third-order valence-electron chi connectivity index (χ3n) is 2.41. The minimum absolute atomic E-state index is 0.0764. The lowest BCUT2D eigenvalue weighted by Crippen LogP contribution is -2.12. The van der Waals surface area contributed by atoms with Crippen molar-refractivity contribution in [2.45, 2.75) is 33.4 Å². The number of anilines is 1. The molecule has 0 fully saturated rings. The van der Waals surface area contributed by atoms with Gasteiger partial charge in [-0.2, -0.15) is 0 Å². The standard InChI is InChI=1S/C13H20N2O4/c1-4-6-12(16)14-10-7-11(13(17)19-5-2)15(8-10)9-18-3/h7-8H,4-6,9H2,1-3H3,(H,14,16). The molecule has 0 atom stereocenters. The quantitative estimate of drug-likeness (QED) is 0.768. The summed E-state index contributed by atoms with van der Waals surface area (Å²) >= 11 is 0. The number of nitrogens with one attached hydrogen (secondary N) is 1. The van der Waals surface area contributed by atoms with Crippen LogP contribution in [-0.4, -0.2) is 30.2 Å². The zero-order valence-electron chi connectivity index (χ0n) is 11.6. The zero-order valence-corrected chi connectivity index (χ0v) is 11.6. The van der Waals surface area contributed by atoms with Crippen molar-refractivity contribution in [2.75, 3.05) is 19.0 Å². The van der Waals surface area contributed by atoms with Gasteiger partial charge in [-0.25, -0.2) is 4.79 Å². The van der Waals surface area contributed by atoms with E-state index >= 15 is 0 Å². The number of hydrogen-bond donors (Lipinski definition) is 1. The number of ether oxygens (including phenoxy) is 2. The summed E-state index contributed by atoms with van der Waals surface area (Å²) in [6, 6.07) is 1.59. The van der Waals surface area contributed by atoms with Crippen LogP contribution < -0.4 is 5.32 Å². The summed E-state index contributed by atoms with van der Waals surface area (Å²) in [6.45, 7) is 4.19. The Kier molecular flexibility index (Phi) is 6.08. The van der Waals surface area contributed by atoms with Gasteiger partial charge in [-0.3, -0.25) is 4.79 Å². The van der Waals surface area contributed by atoms with E-state index in [1.807, 2.05) is 6.92 Å². The fourth-order valence-corrected chi connectivity index (χ4v) is 1.65. The van der Waals surface area contributed by atoms with E-state index in [2.05, 4.69) is 5.32 Å². The van der Waals surface area contributed by atoms with Crippen molar-refractivity contribution in [3.63, 3.8) is 0 Å². The van der Waals surface area contributed by atoms with Crippen molar-refractivity contribution >= 4 is 17.6 Å². The summed E-state index contributed by atoms with van der Waals surface area (Å²) in [5.41, 5.74) is 0.925. The highest BCUT2D eigenvalue weighted by atomic mass is 16.5. The topological polar surface area (TPSA) is 69.6 Å². The van der Waals surface area contributed by atoms with Gasteiger partial charge in [-0.05, 0) is 19.4 Å². The summed E-state index contributed by atoms with van der Waals surface area (Å²) in [5.74, 6) is -0.511. The predicted octanol–water partition coefficient (Wildman–Crippen LogP) is 2.01. The minimum Gasteiger partial charge on any atom is -0.461 e. The second-order valence-electron chi connectivity index (χ2n) is 4.02. The maximum Gasteiger partial charge on any atom is 0.355 e. The molecule has 0 radical (unpaired) electrons. The first-order valence-electron chi connectivity index (χ1n) is 6.28. The average molecular weight is 268 g/mol. The Hall–Kier alpha value is -1.82. The van der Waals surface area contributed by atoms with E-state index in [1.54, 1.807) is 23.8 Å². The molecule has 106 valence electrons. The number of nitrogens with zero attached hydrogens (tertiary/aromatic N) is 1. The minimum atomic E-state index is -0.435. The molecule has 0 unspecified atom stereocenters. The molecule has 1 amide bonds. The number of aromatic nitrogens is 1. The molecule has 0 aliphatic carbocycles. The largest absolute Gasteiger partial charge is 0.461 e. The highest BCUT2D eigenvalue weighted by Gasteiger charge is 2.15. The summed E-state index contributed by atoms with van der Waals surface area (Å²) in [6.07, 6.45) is 2.88. The first kappa shape index (κ1) is 15.2. The molecule has 6 heteroatoms. The van der Waals surface area contributed by atoms with Crippen LogP contribution in [0.15, 0.2) is 12.3 Å². The molecule has 1 heterocycles. The lowest BCUT2D eigenvalue weighted by molar-refractivity contribution is -0.116. The zero-order chi connectivity index (χ0) is 14.3. The molecule has 19 heavy (non-hydrogen) atoms. The second kappa shape index (κ2) is 7.58. The maximum atomic E-state index is 11.8. The van der Waals surface area contributed by atoms with Gasteiger partial charge in [0.15, 0.2) is 0 Å². The van der Waals surface area contributed by atoms with Crippen LogP contribution in [0.4, 0.5) is 5.69 Å². The van der Waals surface area contributed by atoms with Crippen molar-refractivity contribution in [2.24, 2.45) is 0 Å². The molecule has 0 aromatic carbocycles. The Balaban J connectivity index is 2.87. The first-order valence-corrected chi connectivity index (χ1v) is 6.28. The molecule has 0 saturated carbocycles. The van der Waals surface area contributed by atoms with Gasteiger partial charge in [0.1, 0.15) is 12.4 Å². The lowest BCUT2D eigenvalue weighted by atomic mass is 10.3. The monoisotopic (exact) mass is 268 g/mol. The molecular formula is C13H20N2O4. The lowest BCUT2D eigenvalue weighted by Gasteiger charge is -2.06. The molecule has 0 spiro atoms. The van der Waals surface area contributed by atoms with Crippen LogP contribution in [0.1, 0.15) is 37.2 Å². The Morgan fingerprint density at radius 3 is 2.68 bits per heavy atom. The fourth-order valence-electron chi connectivity index (χ4n) is 1.65. The van der Waals surface area contributed by atoms with Crippen LogP contribution in [-0.2, 0) is 21.0 Å². The van der Waals surface area contributed by atoms with Crippen molar-refractivity contribution < 1.29 is 19.1 Å². The number of carbonyl (C=O) groups is 2. The van der Waals surface area contributed by atoms with E-state index in [0.29, 0.717) is 24.4 Å². The molecule has 1 aromatic rings. The van der Waals surface area contributed by atoms with Crippen LogP contribution in [0, 0.1) is 0 Å². The Morgan fingerprint density at radius 2 is 2.11 bits per heavy atom. The van der Waals surface area contributed by atoms with Crippen molar-refractivity contribution in [3.8, 4) is 0 Å². The fraction of sp³-hybridized carbons (Fsp3) is 0.538. The van der Waals surface area contributed by atoms with E-state index in [4.69, 9.17) is 9.47 Å². The molecule has 6 nitrogen and oxygen atoms in total. The van der Waals surface area contributed by atoms with Crippen LogP contribution in [0.25, 0.3) is 0 Å². The highest BCUT2D eigenvalue weighted by molar-refractivity contribution is 5.94. The number of esters is 1. The average Bonchev–Trinajstić information content (AvgIpc) is 2.73. The first-order chi connectivity index (χ1) is 9.12. The van der Waals surface area contributed by atoms with Gasteiger partial charge in [0, 0.05) is 19.7 Å². The molecule has 0 bridgehead atoms. The Morgan fingerprint density at radius 1 is 1.37 bits per heavy atom. The molecule has 1 aromatic heterocycles. The van der Waals surface area contributed by atoms with Crippen molar-refractivity contribution in [1.82, 2.24) is 4.57 Å². The summed E-state index contributed by atoms with van der Waals surface area (Å²) in [4.78, 5) is 23.3. The van der Waals surface area contributed by atoms with Crippen LogP contribution in [0.3, 0.4) is 0 Å². The summed E-state index contributed by atoms with van der Waals surface area (Å²) in [7, 11) is 1.53. The molecule has 0 aliphatic rings. The van der Waals surface area contributed by atoms with Gasteiger partial charge in [-0.1, -0.05) is 6.92 Å². The number of amides is 1. The van der Waals surface area contributed by atoms with Crippen LogP contribution in [0.2, 0.25) is 0 Å². The van der Waals surface area contributed by atoms with Gasteiger partial charge in [-0.15, -0.1) is 0 Å². The SMILES string of the molecule is CCCC(=O)Nc1cc(C(=O)OCC)n(COC)c1. The number of carbonyl (C=O) groups excluding carboxylic acids is 2. The number of methoxy groups -OCH3 is 1.